The summed E-state index contributed by atoms with van der Waals surface area (Å²) < 4.78 is 2.35. The van der Waals surface area contributed by atoms with Crippen molar-refractivity contribution in [2.75, 3.05) is 6.54 Å². The van der Waals surface area contributed by atoms with Gasteiger partial charge in [0.2, 0.25) is 0 Å². The molecule has 1 aromatic heterocycles. The van der Waals surface area contributed by atoms with Gasteiger partial charge in [-0.25, -0.2) is 4.98 Å². The highest BCUT2D eigenvalue weighted by molar-refractivity contribution is 5.02. The van der Waals surface area contributed by atoms with Crippen molar-refractivity contribution in [1.82, 2.24) is 9.55 Å². The van der Waals surface area contributed by atoms with Crippen LogP contribution in [-0.2, 0) is 6.42 Å². The van der Waals surface area contributed by atoms with E-state index in [1.807, 2.05) is 12.5 Å². The van der Waals surface area contributed by atoms with Crippen LogP contribution < -0.4 is 5.73 Å². The Bertz CT molecular complexity index is 326. The Hall–Kier alpha value is -0.830. The van der Waals surface area contributed by atoms with Gasteiger partial charge >= 0.3 is 0 Å². The van der Waals surface area contributed by atoms with E-state index < -0.39 is 0 Å². The molecule has 1 atom stereocenters. The lowest BCUT2D eigenvalue weighted by molar-refractivity contribution is 0.250. The molecule has 0 saturated heterocycles. The summed E-state index contributed by atoms with van der Waals surface area (Å²) in [5, 5.41) is 0. The van der Waals surface area contributed by atoms with E-state index in [-0.39, 0.29) is 0 Å². The van der Waals surface area contributed by atoms with Gasteiger partial charge in [-0.1, -0.05) is 32.6 Å². The van der Waals surface area contributed by atoms with Gasteiger partial charge in [0.1, 0.15) is 0 Å². The van der Waals surface area contributed by atoms with E-state index in [1.165, 1.54) is 44.2 Å². The van der Waals surface area contributed by atoms with Crippen molar-refractivity contribution in [2.24, 2.45) is 11.7 Å². The molecule has 17 heavy (non-hydrogen) atoms. The fourth-order valence-electron chi connectivity index (χ4n) is 3.13. The van der Waals surface area contributed by atoms with Crippen molar-refractivity contribution in [2.45, 2.75) is 57.9 Å². The minimum absolute atomic E-state index is 0.472. The molecule has 96 valence electrons. The van der Waals surface area contributed by atoms with E-state index in [9.17, 15) is 0 Å². The molecule has 3 heteroatoms. The zero-order chi connectivity index (χ0) is 12.1. The summed E-state index contributed by atoms with van der Waals surface area (Å²) in [6.07, 6.45) is 13.1. The van der Waals surface area contributed by atoms with Gasteiger partial charge in [0, 0.05) is 24.5 Å². The zero-order valence-corrected chi connectivity index (χ0v) is 10.9. The number of aromatic nitrogens is 2. The molecule has 3 nitrogen and oxygen atoms in total. The summed E-state index contributed by atoms with van der Waals surface area (Å²) in [6, 6.07) is 0.472. The topological polar surface area (TPSA) is 43.8 Å². The van der Waals surface area contributed by atoms with Gasteiger partial charge in [-0.15, -0.1) is 0 Å². The van der Waals surface area contributed by atoms with Gasteiger partial charge in [-0.3, -0.25) is 0 Å². The van der Waals surface area contributed by atoms with Gasteiger partial charge < -0.3 is 10.3 Å². The molecule has 1 unspecified atom stereocenters. The molecular formula is C14H25N3. The van der Waals surface area contributed by atoms with E-state index in [0.717, 1.165) is 18.9 Å². The minimum atomic E-state index is 0.472. The lowest BCUT2D eigenvalue weighted by Crippen LogP contribution is -2.29. The normalized spacial score (nSPS) is 19.4. The molecule has 0 bridgehead atoms. The molecule has 1 aromatic rings. The smallest absolute Gasteiger partial charge is 0.0951 e. The fourth-order valence-corrected chi connectivity index (χ4v) is 3.13. The standard InChI is InChI=1S/C14H25N3/c1-2-6-13-10-16-11-17(13)14(9-15)12-7-4-3-5-8-12/h10-12,14H,2-9,15H2,1H3. The molecule has 0 radical (unpaired) electrons. The van der Waals surface area contributed by atoms with E-state index in [0.29, 0.717) is 6.04 Å². The molecular weight excluding hydrogens is 210 g/mol. The van der Waals surface area contributed by atoms with Crippen molar-refractivity contribution in [3.05, 3.63) is 18.2 Å². The van der Waals surface area contributed by atoms with Crippen molar-refractivity contribution >= 4 is 0 Å². The number of nitrogens with zero attached hydrogens (tertiary/aromatic N) is 2. The maximum atomic E-state index is 6.01. The molecule has 1 aliphatic rings. The third kappa shape index (κ3) is 2.89. The molecule has 0 spiro atoms. The first kappa shape index (κ1) is 12.6. The molecule has 2 N–H and O–H groups in total. The number of imidazole rings is 1. The Balaban J connectivity index is 2.12. The molecule has 0 aromatic carbocycles. The second-order valence-electron chi connectivity index (χ2n) is 5.24. The molecule has 0 amide bonds. The Kier molecular flexibility index (Phi) is 4.60. The third-order valence-electron chi connectivity index (χ3n) is 4.05. The van der Waals surface area contributed by atoms with E-state index >= 15 is 0 Å². The van der Waals surface area contributed by atoms with Crippen LogP contribution in [0.2, 0.25) is 0 Å². The van der Waals surface area contributed by atoms with Crippen LogP contribution in [0.1, 0.15) is 57.2 Å². The largest absolute Gasteiger partial charge is 0.330 e. The highest BCUT2D eigenvalue weighted by Gasteiger charge is 2.24. The molecule has 2 rings (SSSR count). The van der Waals surface area contributed by atoms with Crippen LogP contribution in [0.5, 0.6) is 0 Å². The average molecular weight is 235 g/mol. The van der Waals surface area contributed by atoms with Crippen LogP contribution in [0.4, 0.5) is 0 Å². The highest BCUT2D eigenvalue weighted by atomic mass is 15.1. The summed E-state index contributed by atoms with van der Waals surface area (Å²) in [6.45, 7) is 2.97. The first-order valence-corrected chi connectivity index (χ1v) is 7.07. The molecule has 1 fully saturated rings. The lowest BCUT2D eigenvalue weighted by atomic mass is 9.83. The number of hydrogen-bond donors (Lipinski definition) is 1. The maximum absolute atomic E-state index is 6.01. The first-order chi connectivity index (χ1) is 8.36. The molecule has 1 aliphatic carbocycles. The molecule has 1 saturated carbocycles. The van der Waals surface area contributed by atoms with Crippen LogP contribution in [0.3, 0.4) is 0 Å². The number of aryl methyl sites for hydroxylation is 1. The van der Waals surface area contributed by atoms with Crippen LogP contribution in [0, 0.1) is 5.92 Å². The first-order valence-electron chi connectivity index (χ1n) is 7.07. The van der Waals surface area contributed by atoms with E-state index in [2.05, 4.69) is 16.5 Å². The van der Waals surface area contributed by atoms with Crippen LogP contribution >= 0.6 is 0 Å². The summed E-state index contributed by atoms with van der Waals surface area (Å²) in [7, 11) is 0. The van der Waals surface area contributed by atoms with Gasteiger partial charge in [0.15, 0.2) is 0 Å². The van der Waals surface area contributed by atoms with Crippen LogP contribution in [0.15, 0.2) is 12.5 Å². The summed E-state index contributed by atoms with van der Waals surface area (Å²) >= 11 is 0. The second kappa shape index (κ2) is 6.20. The maximum Gasteiger partial charge on any atom is 0.0951 e. The third-order valence-corrected chi connectivity index (χ3v) is 4.05. The Morgan fingerprint density at radius 3 is 2.82 bits per heavy atom. The minimum Gasteiger partial charge on any atom is -0.330 e. The van der Waals surface area contributed by atoms with Crippen LogP contribution in [-0.4, -0.2) is 16.1 Å². The van der Waals surface area contributed by atoms with Gasteiger partial charge in [0.25, 0.3) is 0 Å². The van der Waals surface area contributed by atoms with Crippen LogP contribution in [0.25, 0.3) is 0 Å². The lowest BCUT2D eigenvalue weighted by Gasteiger charge is -2.31. The Morgan fingerprint density at radius 1 is 1.41 bits per heavy atom. The second-order valence-corrected chi connectivity index (χ2v) is 5.24. The zero-order valence-electron chi connectivity index (χ0n) is 10.9. The van der Waals surface area contributed by atoms with E-state index in [1.54, 1.807) is 0 Å². The van der Waals surface area contributed by atoms with Gasteiger partial charge in [-0.2, -0.15) is 0 Å². The molecule has 0 aliphatic heterocycles. The van der Waals surface area contributed by atoms with Crippen molar-refractivity contribution in [1.29, 1.82) is 0 Å². The summed E-state index contributed by atoms with van der Waals surface area (Å²) in [5.41, 5.74) is 7.37. The average Bonchev–Trinajstić information content (AvgIpc) is 2.81. The number of nitrogens with two attached hydrogens (primary N) is 1. The van der Waals surface area contributed by atoms with Crippen molar-refractivity contribution in [3.8, 4) is 0 Å². The summed E-state index contributed by atoms with van der Waals surface area (Å²) in [5.74, 6) is 0.763. The fraction of sp³-hybridized carbons (Fsp3) is 0.786. The molecule has 1 heterocycles. The number of hydrogen-bond acceptors (Lipinski definition) is 2. The number of rotatable bonds is 5. The van der Waals surface area contributed by atoms with Crippen molar-refractivity contribution in [3.63, 3.8) is 0 Å². The predicted molar refractivity (Wildman–Crippen MR) is 70.9 cm³/mol. The summed E-state index contributed by atoms with van der Waals surface area (Å²) in [4.78, 5) is 4.31. The van der Waals surface area contributed by atoms with Crippen molar-refractivity contribution < 1.29 is 0 Å². The van der Waals surface area contributed by atoms with Gasteiger partial charge in [0.05, 0.1) is 6.33 Å². The van der Waals surface area contributed by atoms with Gasteiger partial charge in [-0.05, 0) is 25.2 Å². The monoisotopic (exact) mass is 235 g/mol. The quantitative estimate of drug-likeness (QED) is 0.852. The Morgan fingerprint density at radius 2 is 2.18 bits per heavy atom. The predicted octanol–water partition coefficient (Wildman–Crippen LogP) is 2.92. The highest BCUT2D eigenvalue weighted by Crippen LogP contribution is 2.33. The SMILES string of the molecule is CCCc1cncn1C(CN)C1CCCCC1. The Labute approximate surface area is 104 Å². The van der Waals surface area contributed by atoms with E-state index in [4.69, 9.17) is 5.73 Å².